The van der Waals surface area contributed by atoms with Gasteiger partial charge in [0.25, 0.3) is 0 Å². The molecule has 1 N–H and O–H groups in total. The fraction of sp³-hybridized carbons (Fsp3) is 0.500. The largest absolute Gasteiger partial charge is 0.349 e. The minimum absolute atomic E-state index is 0.206. The molecule has 42 valence electrons. The van der Waals surface area contributed by atoms with Gasteiger partial charge in [0.05, 0.1) is 5.92 Å². The zero-order valence-electron chi connectivity index (χ0n) is 4.42. The monoisotopic (exact) mass is 109 g/mol. The third-order valence-electron chi connectivity index (χ3n) is 1.75. The van der Waals surface area contributed by atoms with Crippen LogP contribution >= 0.6 is 0 Å². The molecular weight excluding hydrogens is 102 g/mol. The van der Waals surface area contributed by atoms with Crippen LogP contribution in [0.2, 0.25) is 0 Å². The van der Waals surface area contributed by atoms with Crippen molar-refractivity contribution in [1.82, 2.24) is 5.32 Å². The molecule has 1 amide bonds. The molecule has 0 radical (unpaired) electrons. The summed E-state index contributed by atoms with van der Waals surface area (Å²) in [5, 5.41) is 2.83. The summed E-state index contributed by atoms with van der Waals surface area (Å²) in [4.78, 5) is 10.7. The van der Waals surface area contributed by atoms with Crippen LogP contribution in [-0.2, 0) is 4.79 Å². The van der Waals surface area contributed by atoms with Gasteiger partial charge in [0, 0.05) is 6.04 Å². The van der Waals surface area contributed by atoms with Gasteiger partial charge in [-0.1, -0.05) is 12.2 Å². The third-order valence-corrected chi connectivity index (χ3v) is 1.75. The number of carbonyl (C=O) groups is 1. The molecule has 2 atom stereocenters. The highest BCUT2D eigenvalue weighted by atomic mass is 16.2. The topological polar surface area (TPSA) is 29.1 Å². The number of carbonyl (C=O) groups excluding carboxylic acids is 1. The highest BCUT2D eigenvalue weighted by Crippen LogP contribution is 2.23. The van der Waals surface area contributed by atoms with Gasteiger partial charge in [-0.2, -0.15) is 0 Å². The quantitative estimate of drug-likeness (QED) is 0.438. The van der Waals surface area contributed by atoms with Crippen molar-refractivity contribution in [2.75, 3.05) is 0 Å². The van der Waals surface area contributed by atoms with Crippen LogP contribution in [0, 0.1) is 5.92 Å². The van der Waals surface area contributed by atoms with Crippen LogP contribution in [0.25, 0.3) is 0 Å². The van der Waals surface area contributed by atoms with Crippen LogP contribution in [0.15, 0.2) is 12.2 Å². The first-order valence-corrected chi connectivity index (χ1v) is 2.85. The summed E-state index contributed by atoms with van der Waals surface area (Å²) in [6.07, 6.45) is 5.05. The number of rotatable bonds is 0. The molecule has 1 saturated heterocycles. The van der Waals surface area contributed by atoms with Crippen LogP contribution in [0.1, 0.15) is 6.42 Å². The highest BCUT2D eigenvalue weighted by molar-refractivity contribution is 5.84. The zero-order chi connectivity index (χ0) is 5.56. The van der Waals surface area contributed by atoms with E-state index in [1.807, 2.05) is 6.08 Å². The van der Waals surface area contributed by atoms with Gasteiger partial charge in [-0.25, -0.2) is 0 Å². The molecule has 0 saturated carbocycles. The van der Waals surface area contributed by atoms with Crippen molar-refractivity contribution in [2.45, 2.75) is 12.5 Å². The van der Waals surface area contributed by atoms with Crippen molar-refractivity contribution in [3.8, 4) is 0 Å². The van der Waals surface area contributed by atoms with E-state index < -0.39 is 0 Å². The van der Waals surface area contributed by atoms with E-state index in [1.165, 1.54) is 0 Å². The molecule has 0 spiro atoms. The Bertz CT molecular complexity index is 162. The highest BCUT2D eigenvalue weighted by Gasteiger charge is 2.32. The third kappa shape index (κ3) is 0.351. The average molecular weight is 109 g/mol. The maximum absolute atomic E-state index is 10.7. The number of hydrogen-bond donors (Lipinski definition) is 1. The predicted molar refractivity (Wildman–Crippen MR) is 29.2 cm³/mol. The van der Waals surface area contributed by atoms with Gasteiger partial charge in [0.1, 0.15) is 0 Å². The smallest absolute Gasteiger partial charge is 0.227 e. The van der Waals surface area contributed by atoms with E-state index in [-0.39, 0.29) is 11.8 Å². The van der Waals surface area contributed by atoms with Gasteiger partial charge in [0.15, 0.2) is 0 Å². The van der Waals surface area contributed by atoms with E-state index in [0.717, 1.165) is 6.42 Å². The van der Waals surface area contributed by atoms with Crippen molar-refractivity contribution in [3.63, 3.8) is 0 Å². The van der Waals surface area contributed by atoms with Gasteiger partial charge >= 0.3 is 0 Å². The minimum Gasteiger partial charge on any atom is -0.349 e. The van der Waals surface area contributed by atoms with Crippen LogP contribution < -0.4 is 5.32 Å². The molecule has 1 aliphatic heterocycles. The Kier molecular flexibility index (Phi) is 0.583. The zero-order valence-corrected chi connectivity index (χ0v) is 4.42. The Morgan fingerprint density at radius 2 is 2.50 bits per heavy atom. The van der Waals surface area contributed by atoms with E-state index in [1.54, 1.807) is 0 Å². The Morgan fingerprint density at radius 1 is 1.62 bits per heavy atom. The number of amides is 1. The van der Waals surface area contributed by atoms with Crippen LogP contribution in [0.3, 0.4) is 0 Å². The standard InChI is InChI=1S/C6H7NO/c8-6-4-1-2-5(3-4)7-6/h1-2,4-5H,3H2,(H,7,8)/t4-,5-/m1/s1. The number of fused-ring (bicyclic) bond motifs is 2. The molecular formula is C6H7NO. The molecule has 0 aromatic carbocycles. The molecule has 0 unspecified atom stereocenters. The molecule has 1 aliphatic carbocycles. The van der Waals surface area contributed by atoms with E-state index in [0.29, 0.717) is 6.04 Å². The first-order chi connectivity index (χ1) is 3.86. The van der Waals surface area contributed by atoms with Gasteiger partial charge in [-0.3, -0.25) is 4.79 Å². The summed E-state index contributed by atoms with van der Waals surface area (Å²) in [5.74, 6) is 0.414. The molecule has 2 aliphatic rings. The summed E-state index contributed by atoms with van der Waals surface area (Å²) >= 11 is 0. The van der Waals surface area contributed by atoms with Gasteiger partial charge < -0.3 is 5.32 Å². The maximum Gasteiger partial charge on any atom is 0.227 e. The summed E-state index contributed by atoms with van der Waals surface area (Å²) in [6.45, 7) is 0. The first-order valence-electron chi connectivity index (χ1n) is 2.85. The summed E-state index contributed by atoms with van der Waals surface area (Å²) in [7, 11) is 0. The SMILES string of the molecule is O=C1N[C@@H]2C=C[C@@H]1C2. The molecule has 2 bridgehead atoms. The second-order valence-electron chi connectivity index (χ2n) is 2.34. The summed E-state index contributed by atoms with van der Waals surface area (Å²) in [6, 6.07) is 0.368. The van der Waals surface area contributed by atoms with Crippen molar-refractivity contribution in [2.24, 2.45) is 5.92 Å². The molecule has 8 heavy (non-hydrogen) atoms. The fourth-order valence-electron chi connectivity index (χ4n) is 1.29. The first kappa shape index (κ1) is 4.13. The molecule has 2 rings (SSSR count). The van der Waals surface area contributed by atoms with E-state index in [4.69, 9.17) is 0 Å². The van der Waals surface area contributed by atoms with Crippen molar-refractivity contribution in [3.05, 3.63) is 12.2 Å². The average Bonchev–Trinajstić information content (AvgIpc) is 2.23. The molecule has 1 fully saturated rings. The lowest BCUT2D eigenvalue weighted by Gasteiger charge is -2.01. The van der Waals surface area contributed by atoms with Crippen LogP contribution in [0.5, 0.6) is 0 Å². The van der Waals surface area contributed by atoms with Gasteiger partial charge in [-0.15, -0.1) is 0 Å². The molecule has 0 aromatic heterocycles. The van der Waals surface area contributed by atoms with Crippen LogP contribution in [-0.4, -0.2) is 11.9 Å². The van der Waals surface area contributed by atoms with Crippen LogP contribution in [0.4, 0.5) is 0 Å². The molecule has 0 aromatic rings. The number of nitrogens with one attached hydrogen (secondary N) is 1. The normalized spacial score (nSPS) is 40.8. The lowest BCUT2D eigenvalue weighted by molar-refractivity contribution is -0.121. The maximum atomic E-state index is 10.7. The molecule has 1 heterocycles. The second kappa shape index (κ2) is 1.13. The Hall–Kier alpha value is -0.790. The van der Waals surface area contributed by atoms with Gasteiger partial charge in [0.2, 0.25) is 5.91 Å². The van der Waals surface area contributed by atoms with E-state index in [9.17, 15) is 4.79 Å². The van der Waals surface area contributed by atoms with Crippen molar-refractivity contribution >= 4 is 5.91 Å². The Morgan fingerprint density at radius 3 is 2.75 bits per heavy atom. The lowest BCUT2D eigenvalue weighted by Crippen LogP contribution is -2.26. The van der Waals surface area contributed by atoms with Crippen molar-refractivity contribution < 1.29 is 4.79 Å². The van der Waals surface area contributed by atoms with Gasteiger partial charge in [-0.05, 0) is 6.42 Å². The Balaban J connectivity index is 2.35. The fourth-order valence-corrected chi connectivity index (χ4v) is 1.29. The summed E-state index contributed by atoms with van der Waals surface area (Å²) in [5.41, 5.74) is 0. The molecule has 2 heteroatoms. The van der Waals surface area contributed by atoms with E-state index in [2.05, 4.69) is 11.4 Å². The second-order valence-corrected chi connectivity index (χ2v) is 2.34. The lowest BCUT2D eigenvalue weighted by atomic mass is 10.1. The van der Waals surface area contributed by atoms with Crippen molar-refractivity contribution in [1.29, 1.82) is 0 Å². The molecule has 2 nitrogen and oxygen atoms in total. The summed E-state index contributed by atoms with van der Waals surface area (Å²) < 4.78 is 0. The minimum atomic E-state index is 0.206. The predicted octanol–water partition coefficient (Wildman–Crippen LogP) is 0.0609. The number of hydrogen-bond acceptors (Lipinski definition) is 1. The Labute approximate surface area is 47.6 Å². The van der Waals surface area contributed by atoms with E-state index >= 15 is 0 Å².